The Kier molecular flexibility index (Phi) is 5.71. The molecular weight excluding hydrogens is 318 g/mol. The fourth-order valence-electron chi connectivity index (χ4n) is 2.81. The first-order chi connectivity index (χ1) is 12.1. The van der Waals surface area contributed by atoms with Crippen LogP contribution in [0.1, 0.15) is 37.0 Å². The summed E-state index contributed by atoms with van der Waals surface area (Å²) < 4.78 is 13.1. The average Bonchev–Trinajstić information content (AvgIpc) is 3.25. The maximum Gasteiger partial charge on any atom is 0.256 e. The molecule has 0 bridgehead atoms. The van der Waals surface area contributed by atoms with Gasteiger partial charge < -0.3 is 14.8 Å². The summed E-state index contributed by atoms with van der Waals surface area (Å²) in [6.45, 7) is 6.31. The minimum Gasteiger partial charge on any atom is -0.491 e. The highest BCUT2D eigenvalue weighted by molar-refractivity contribution is 6.04. The zero-order valence-electron chi connectivity index (χ0n) is 14.8. The molecule has 1 fully saturated rings. The van der Waals surface area contributed by atoms with Crippen LogP contribution < -0.4 is 10.1 Å². The minimum absolute atomic E-state index is 0.155. The number of nitrogens with one attached hydrogen (secondary N) is 1. The molecule has 25 heavy (non-hydrogen) atoms. The lowest BCUT2D eigenvalue weighted by Crippen LogP contribution is -2.18. The van der Waals surface area contributed by atoms with E-state index in [4.69, 9.17) is 9.47 Å². The average molecular weight is 343 g/mol. The maximum atomic E-state index is 12.5. The Hall–Kier alpha value is -2.34. The van der Waals surface area contributed by atoms with Crippen LogP contribution >= 0.6 is 0 Å². The first-order valence-electron chi connectivity index (χ1n) is 8.79. The Labute approximate surface area is 148 Å². The second kappa shape index (κ2) is 8.16. The smallest absolute Gasteiger partial charge is 0.256 e. The van der Waals surface area contributed by atoms with Gasteiger partial charge in [0.1, 0.15) is 18.2 Å². The largest absolute Gasteiger partial charge is 0.491 e. The van der Waals surface area contributed by atoms with Crippen molar-refractivity contribution in [2.24, 2.45) is 5.92 Å². The Morgan fingerprint density at radius 1 is 1.44 bits per heavy atom. The standard InChI is InChI=1S/C19H25N3O3/c1-14(2)12-22-18(8-9-20-22)21-19(23)15-5-3-6-16(11-15)25-13-17-7-4-10-24-17/h3,5-6,8-9,11,14,17H,4,7,10,12-13H2,1-2H3,(H,21,23). The molecule has 6 heteroatoms. The minimum atomic E-state index is -0.173. The van der Waals surface area contributed by atoms with Crippen molar-refractivity contribution in [3.8, 4) is 5.75 Å². The van der Waals surface area contributed by atoms with Crippen LogP contribution in [0.4, 0.5) is 5.82 Å². The molecule has 1 aliphatic heterocycles. The van der Waals surface area contributed by atoms with E-state index in [0.717, 1.165) is 26.0 Å². The molecule has 134 valence electrons. The van der Waals surface area contributed by atoms with Gasteiger partial charge in [-0.15, -0.1) is 0 Å². The second-order valence-corrected chi connectivity index (χ2v) is 6.72. The molecule has 0 aliphatic carbocycles. The van der Waals surface area contributed by atoms with E-state index in [-0.39, 0.29) is 12.0 Å². The molecule has 1 atom stereocenters. The lowest BCUT2D eigenvalue weighted by molar-refractivity contribution is 0.0679. The van der Waals surface area contributed by atoms with Crippen LogP contribution in [0.2, 0.25) is 0 Å². The van der Waals surface area contributed by atoms with E-state index in [2.05, 4.69) is 24.3 Å². The predicted octanol–water partition coefficient (Wildman–Crippen LogP) is 3.35. The van der Waals surface area contributed by atoms with E-state index in [1.807, 2.05) is 12.1 Å². The monoisotopic (exact) mass is 343 g/mol. The highest BCUT2D eigenvalue weighted by Crippen LogP contribution is 2.18. The molecule has 3 rings (SSSR count). The molecule has 0 spiro atoms. The fraction of sp³-hybridized carbons (Fsp3) is 0.474. The number of hydrogen-bond acceptors (Lipinski definition) is 4. The molecule has 6 nitrogen and oxygen atoms in total. The highest BCUT2D eigenvalue weighted by Gasteiger charge is 2.16. The van der Waals surface area contributed by atoms with E-state index in [9.17, 15) is 4.79 Å². The third-order valence-corrected chi connectivity index (χ3v) is 4.05. The van der Waals surface area contributed by atoms with E-state index < -0.39 is 0 Å². The molecule has 1 N–H and O–H groups in total. The van der Waals surface area contributed by atoms with Crippen molar-refractivity contribution < 1.29 is 14.3 Å². The van der Waals surface area contributed by atoms with Crippen molar-refractivity contribution in [2.75, 3.05) is 18.5 Å². The van der Waals surface area contributed by atoms with Gasteiger partial charge >= 0.3 is 0 Å². The number of carbonyl (C=O) groups excluding carboxylic acids is 1. The van der Waals surface area contributed by atoms with Gasteiger partial charge in [-0.1, -0.05) is 19.9 Å². The predicted molar refractivity (Wildman–Crippen MR) is 95.9 cm³/mol. The Balaban J connectivity index is 1.62. The maximum absolute atomic E-state index is 12.5. The van der Waals surface area contributed by atoms with E-state index in [0.29, 0.717) is 29.7 Å². The van der Waals surface area contributed by atoms with E-state index >= 15 is 0 Å². The van der Waals surface area contributed by atoms with Crippen LogP contribution in [-0.2, 0) is 11.3 Å². The first-order valence-corrected chi connectivity index (χ1v) is 8.79. The van der Waals surface area contributed by atoms with Crippen LogP contribution in [0.15, 0.2) is 36.5 Å². The number of carbonyl (C=O) groups is 1. The summed E-state index contributed by atoms with van der Waals surface area (Å²) in [6, 6.07) is 9.02. The van der Waals surface area contributed by atoms with Gasteiger partial charge in [-0.2, -0.15) is 5.10 Å². The lowest BCUT2D eigenvalue weighted by atomic mass is 10.2. The van der Waals surface area contributed by atoms with Crippen molar-refractivity contribution in [1.82, 2.24) is 9.78 Å². The second-order valence-electron chi connectivity index (χ2n) is 6.72. The molecule has 2 aromatic rings. The summed E-state index contributed by atoms with van der Waals surface area (Å²) in [5.41, 5.74) is 0.558. The van der Waals surface area contributed by atoms with Gasteiger partial charge in [0.15, 0.2) is 0 Å². The van der Waals surface area contributed by atoms with Gasteiger partial charge in [0, 0.05) is 24.8 Å². The van der Waals surface area contributed by atoms with Gasteiger partial charge in [-0.25, -0.2) is 4.68 Å². The van der Waals surface area contributed by atoms with Crippen LogP contribution in [-0.4, -0.2) is 35.0 Å². The van der Waals surface area contributed by atoms with Crippen molar-refractivity contribution in [2.45, 2.75) is 39.3 Å². The van der Waals surface area contributed by atoms with E-state index in [1.54, 1.807) is 29.1 Å². The van der Waals surface area contributed by atoms with Crippen molar-refractivity contribution in [1.29, 1.82) is 0 Å². The number of aromatic nitrogens is 2. The van der Waals surface area contributed by atoms with Crippen molar-refractivity contribution in [3.05, 3.63) is 42.1 Å². The lowest BCUT2D eigenvalue weighted by Gasteiger charge is -2.13. The molecule has 1 unspecified atom stereocenters. The van der Waals surface area contributed by atoms with Crippen molar-refractivity contribution in [3.63, 3.8) is 0 Å². The van der Waals surface area contributed by atoms with Gasteiger partial charge in [0.25, 0.3) is 5.91 Å². The highest BCUT2D eigenvalue weighted by atomic mass is 16.5. The summed E-state index contributed by atoms with van der Waals surface area (Å²) >= 11 is 0. The quantitative estimate of drug-likeness (QED) is 0.837. The van der Waals surface area contributed by atoms with Gasteiger partial charge in [-0.05, 0) is 37.0 Å². The Bertz CT molecular complexity index is 705. The summed E-state index contributed by atoms with van der Waals surface area (Å²) in [5, 5.41) is 7.18. The van der Waals surface area contributed by atoms with Gasteiger partial charge in [0.2, 0.25) is 0 Å². The third-order valence-electron chi connectivity index (χ3n) is 4.05. The number of ether oxygens (including phenoxy) is 2. The number of anilines is 1. The number of amides is 1. The van der Waals surface area contributed by atoms with Crippen LogP contribution in [0.25, 0.3) is 0 Å². The Morgan fingerprint density at radius 2 is 2.32 bits per heavy atom. The number of nitrogens with zero attached hydrogens (tertiary/aromatic N) is 2. The fourth-order valence-corrected chi connectivity index (χ4v) is 2.81. The first kappa shape index (κ1) is 17.5. The summed E-state index contributed by atoms with van der Waals surface area (Å²) in [4.78, 5) is 12.5. The van der Waals surface area contributed by atoms with Crippen LogP contribution in [0.3, 0.4) is 0 Å². The number of hydrogen-bond donors (Lipinski definition) is 1. The molecule has 1 aromatic carbocycles. The molecule has 0 radical (unpaired) electrons. The van der Waals surface area contributed by atoms with Gasteiger partial charge in [0.05, 0.1) is 12.3 Å². The summed E-state index contributed by atoms with van der Waals surface area (Å²) in [6.07, 6.45) is 3.96. The van der Waals surface area contributed by atoms with Crippen LogP contribution in [0, 0.1) is 5.92 Å². The summed E-state index contributed by atoms with van der Waals surface area (Å²) in [7, 11) is 0. The molecule has 1 aromatic heterocycles. The van der Waals surface area contributed by atoms with Crippen LogP contribution in [0.5, 0.6) is 5.75 Å². The molecule has 1 saturated heterocycles. The number of benzene rings is 1. The number of rotatable bonds is 7. The third kappa shape index (κ3) is 4.82. The topological polar surface area (TPSA) is 65.4 Å². The van der Waals surface area contributed by atoms with E-state index in [1.165, 1.54) is 0 Å². The van der Waals surface area contributed by atoms with Gasteiger partial charge in [-0.3, -0.25) is 4.79 Å². The normalized spacial score (nSPS) is 17.0. The molecular formula is C19H25N3O3. The summed E-state index contributed by atoms with van der Waals surface area (Å²) in [5.74, 6) is 1.65. The zero-order valence-corrected chi connectivity index (χ0v) is 14.8. The molecule has 0 saturated carbocycles. The van der Waals surface area contributed by atoms with Crippen molar-refractivity contribution >= 4 is 11.7 Å². The molecule has 2 heterocycles. The SMILES string of the molecule is CC(C)Cn1nccc1NC(=O)c1cccc(OCC2CCCO2)c1. The molecule has 1 amide bonds. The molecule has 1 aliphatic rings. The zero-order chi connectivity index (χ0) is 17.6. The Morgan fingerprint density at radius 3 is 3.08 bits per heavy atom.